The van der Waals surface area contributed by atoms with E-state index in [2.05, 4.69) is 16.9 Å². The number of aromatic nitrogens is 2. The number of fused-ring (bicyclic) bond motifs is 1. The van der Waals surface area contributed by atoms with Crippen LogP contribution in [-0.4, -0.2) is 9.97 Å². The zero-order valence-corrected chi connectivity index (χ0v) is 10.8. The van der Waals surface area contributed by atoms with E-state index < -0.39 is 0 Å². The molecule has 6 heteroatoms. The largest absolute Gasteiger partial charge is 0.383 e. The van der Waals surface area contributed by atoms with Crippen LogP contribution in [0.15, 0.2) is 0 Å². The topological polar surface area (TPSA) is 51.8 Å². The molecule has 0 saturated carbocycles. The minimum atomic E-state index is 0. The van der Waals surface area contributed by atoms with Gasteiger partial charge in [0.15, 0.2) is 0 Å². The van der Waals surface area contributed by atoms with Crippen LogP contribution in [0.3, 0.4) is 0 Å². The number of hydrogen-bond donors (Lipinski definition) is 1. The molecule has 2 aromatic heterocycles. The van der Waals surface area contributed by atoms with E-state index in [0.29, 0.717) is 17.5 Å². The molecule has 82 valence electrons. The molecule has 0 fully saturated rings. The van der Waals surface area contributed by atoms with Gasteiger partial charge in [0.1, 0.15) is 16.5 Å². The summed E-state index contributed by atoms with van der Waals surface area (Å²) in [5.41, 5.74) is 7.01. The molecule has 0 spiro atoms. The predicted octanol–water partition coefficient (Wildman–Crippen LogP) is 3.05. The van der Waals surface area contributed by atoms with E-state index in [0.717, 1.165) is 10.2 Å². The Labute approximate surface area is 103 Å². The van der Waals surface area contributed by atoms with Crippen molar-refractivity contribution in [2.45, 2.75) is 19.7 Å². The average molecular weight is 264 g/mol. The van der Waals surface area contributed by atoms with Crippen molar-refractivity contribution in [1.29, 1.82) is 0 Å². The average Bonchev–Trinajstić information content (AvgIpc) is 2.43. The second-order valence-corrected chi connectivity index (χ2v) is 4.59. The summed E-state index contributed by atoms with van der Waals surface area (Å²) in [4.78, 5) is 10.6. The van der Waals surface area contributed by atoms with Gasteiger partial charge in [-0.2, -0.15) is 0 Å². The van der Waals surface area contributed by atoms with E-state index in [1.807, 2.05) is 6.92 Å². The minimum Gasteiger partial charge on any atom is -0.383 e. The number of nitrogens with two attached hydrogens (primary N) is 1. The van der Waals surface area contributed by atoms with Crippen LogP contribution >= 0.6 is 35.3 Å². The zero-order valence-electron chi connectivity index (χ0n) is 8.37. The highest BCUT2D eigenvalue weighted by molar-refractivity contribution is 7.18. The maximum Gasteiger partial charge on any atom is 0.147 e. The lowest BCUT2D eigenvalue weighted by Gasteiger charge is -1.99. The van der Waals surface area contributed by atoms with Crippen molar-refractivity contribution in [3.8, 4) is 0 Å². The zero-order chi connectivity index (χ0) is 10.3. The summed E-state index contributed by atoms with van der Waals surface area (Å²) < 4.78 is 0. The first-order valence-corrected chi connectivity index (χ1v) is 5.56. The van der Waals surface area contributed by atoms with Gasteiger partial charge in [-0.05, 0) is 19.4 Å². The van der Waals surface area contributed by atoms with Gasteiger partial charge in [0.25, 0.3) is 0 Å². The first-order valence-electron chi connectivity index (χ1n) is 4.21. The molecule has 0 radical (unpaired) electrons. The molecule has 0 aliphatic rings. The van der Waals surface area contributed by atoms with Gasteiger partial charge in [0.2, 0.25) is 0 Å². The van der Waals surface area contributed by atoms with Gasteiger partial charge in [-0.1, -0.05) is 0 Å². The summed E-state index contributed by atoms with van der Waals surface area (Å²) in [6, 6.07) is 0. The van der Waals surface area contributed by atoms with Gasteiger partial charge < -0.3 is 5.73 Å². The Bertz CT molecular complexity index is 496. The summed E-state index contributed by atoms with van der Waals surface area (Å²) in [6.45, 7) is 4.09. The molecule has 2 N–H and O–H groups in total. The van der Waals surface area contributed by atoms with Crippen LogP contribution < -0.4 is 5.73 Å². The van der Waals surface area contributed by atoms with Crippen LogP contribution in [0.5, 0.6) is 0 Å². The Morgan fingerprint density at radius 1 is 1.33 bits per heavy atom. The first kappa shape index (κ1) is 12.5. The quantitative estimate of drug-likeness (QED) is 0.805. The molecule has 0 atom stereocenters. The summed E-state index contributed by atoms with van der Waals surface area (Å²) in [7, 11) is 0. The minimum absolute atomic E-state index is 0. The molecule has 0 aliphatic heterocycles. The van der Waals surface area contributed by atoms with Crippen LogP contribution in [0.1, 0.15) is 16.3 Å². The van der Waals surface area contributed by atoms with Gasteiger partial charge in [-0.15, -0.1) is 35.3 Å². The maximum atomic E-state index is 5.84. The second-order valence-electron chi connectivity index (χ2n) is 3.12. The third-order valence-electron chi connectivity index (χ3n) is 2.22. The number of thiophene rings is 1. The molecule has 0 unspecified atom stereocenters. The van der Waals surface area contributed by atoms with E-state index in [9.17, 15) is 0 Å². The Kier molecular flexibility index (Phi) is 3.76. The predicted molar refractivity (Wildman–Crippen MR) is 68.1 cm³/mol. The molecule has 2 heterocycles. The Morgan fingerprint density at radius 3 is 2.60 bits per heavy atom. The highest BCUT2D eigenvalue weighted by atomic mass is 35.5. The fourth-order valence-electron chi connectivity index (χ4n) is 1.39. The van der Waals surface area contributed by atoms with Gasteiger partial charge in [0.05, 0.1) is 11.3 Å². The van der Waals surface area contributed by atoms with Crippen LogP contribution in [0.2, 0.25) is 0 Å². The van der Waals surface area contributed by atoms with Crippen molar-refractivity contribution in [3.63, 3.8) is 0 Å². The number of nitrogen functional groups attached to an aromatic ring is 1. The van der Waals surface area contributed by atoms with E-state index in [4.69, 9.17) is 17.3 Å². The van der Waals surface area contributed by atoms with Crippen LogP contribution in [0.4, 0.5) is 5.82 Å². The molecular weight excluding hydrogens is 253 g/mol. The lowest BCUT2D eigenvalue weighted by Crippen LogP contribution is -1.98. The molecule has 0 amide bonds. The molecular formula is C9H11Cl2N3S. The van der Waals surface area contributed by atoms with E-state index in [-0.39, 0.29) is 12.4 Å². The van der Waals surface area contributed by atoms with Crippen molar-refractivity contribution in [1.82, 2.24) is 9.97 Å². The Balaban J connectivity index is 0.00000112. The summed E-state index contributed by atoms with van der Waals surface area (Å²) in [5, 5.41) is 0.973. The normalized spacial score (nSPS) is 10.3. The van der Waals surface area contributed by atoms with Crippen molar-refractivity contribution in [3.05, 3.63) is 16.3 Å². The van der Waals surface area contributed by atoms with Crippen molar-refractivity contribution >= 4 is 51.4 Å². The highest BCUT2D eigenvalue weighted by Crippen LogP contribution is 2.31. The summed E-state index contributed by atoms with van der Waals surface area (Å²) in [6.07, 6.45) is 0. The van der Waals surface area contributed by atoms with E-state index >= 15 is 0 Å². The summed E-state index contributed by atoms with van der Waals surface area (Å²) in [5.74, 6) is 1.43. The third kappa shape index (κ3) is 2.02. The summed E-state index contributed by atoms with van der Waals surface area (Å²) >= 11 is 7.30. The number of halogens is 2. The van der Waals surface area contributed by atoms with Gasteiger partial charge >= 0.3 is 0 Å². The number of anilines is 1. The lowest BCUT2D eigenvalue weighted by atomic mass is 10.2. The lowest BCUT2D eigenvalue weighted by molar-refractivity contribution is 1.08. The molecule has 2 rings (SSSR count). The molecule has 15 heavy (non-hydrogen) atoms. The molecule has 0 saturated heterocycles. The molecule has 0 bridgehead atoms. The SMILES string of the molecule is Cc1sc2nc(CCl)nc(N)c2c1C.Cl. The van der Waals surface area contributed by atoms with Crippen LogP contribution in [0, 0.1) is 13.8 Å². The van der Waals surface area contributed by atoms with Crippen LogP contribution in [0.25, 0.3) is 10.2 Å². The second kappa shape index (κ2) is 4.51. The van der Waals surface area contributed by atoms with E-state index in [1.165, 1.54) is 10.4 Å². The fourth-order valence-corrected chi connectivity index (χ4v) is 2.56. The molecule has 0 aromatic carbocycles. The molecule has 2 aromatic rings. The first-order chi connectivity index (χ1) is 6.63. The number of alkyl halides is 1. The van der Waals surface area contributed by atoms with Crippen molar-refractivity contribution in [2.75, 3.05) is 5.73 Å². The van der Waals surface area contributed by atoms with E-state index in [1.54, 1.807) is 11.3 Å². The fraction of sp³-hybridized carbons (Fsp3) is 0.333. The number of rotatable bonds is 1. The standard InChI is InChI=1S/C9H10ClN3S.ClH/c1-4-5(2)14-9-7(4)8(11)12-6(3-10)13-9;/h3H2,1-2H3,(H2,11,12,13);1H. The van der Waals surface area contributed by atoms with Gasteiger partial charge in [-0.3, -0.25) is 0 Å². The smallest absolute Gasteiger partial charge is 0.147 e. The van der Waals surface area contributed by atoms with Gasteiger partial charge in [-0.25, -0.2) is 9.97 Å². The number of nitrogens with zero attached hydrogens (tertiary/aromatic N) is 2. The van der Waals surface area contributed by atoms with Crippen LogP contribution in [-0.2, 0) is 5.88 Å². The molecule has 0 aliphatic carbocycles. The van der Waals surface area contributed by atoms with Crippen molar-refractivity contribution < 1.29 is 0 Å². The number of aryl methyl sites for hydroxylation is 2. The Morgan fingerprint density at radius 2 is 2.00 bits per heavy atom. The third-order valence-corrected chi connectivity index (χ3v) is 3.56. The number of hydrogen-bond acceptors (Lipinski definition) is 4. The monoisotopic (exact) mass is 263 g/mol. The van der Waals surface area contributed by atoms with Crippen molar-refractivity contribution in [2.24, 2.45) is 0 Å². The molecule has 3 nitrogen and oxygen atoms in total. The highest BCUT2D eigenvalue weighted by Gasteiger charge is 2.11. The Hall–Kier alpha value is -0.580. The van der Waals surface area contributed by atoms with Gasteiger partial charge in [0, 0.05) is 4.88 Å². The maximum absolute atomic E-state index is 5.84.